The predicted octanol–water partition coefficient (Wildman–Crippen LogP) is 28.1. The average molecular weight is 1670 g/mol. The molecule has 4 aliphatic rings. The molecule has 0 radical (unpaired) electrons. The number of allylic oxidation sites excluding steroid dienone is 2. The van der Waals surface area contributed by atoms with Gasteiger partial charge in [0, 0.05) is 153 Å². The van der Waals surface area contributed by atoms with Crippen molar-refractivity contribution in [1.29, 1.82) is 0 Å². The summed E-state index contributed by atoms with van der Waals surface area (Å²) in [5, 5.41) is 15.6. The highest BCUT2D eigenvalue weighted by atomic mass is 32.1. The Morgan fingerprint density at radius 3 is 1.45 bits per heavy atom. The molecule has 16 nitrogen and oxygen atoms in total. The van der Waals surface area contributed by atoms with Crippen molar-refractivity contribution in [2.75, 3.05) is 0 Å². The molecule has 2 aliphatic carbocycles. The Morgan fingerprint density at radius 2 is 1.10 bits per heavy atom. The highest BCUT2D eigenvalue weighted by molar-refractivity contribution is 7.09. The van der Waals surface area contributed by atoms with Crippen LogP contribution in [0.5, 0.6) is 0 Å². The number of hydrogen-bond donors (Lipinski definition) is 0. The number of imidazole rings is 1. The molecule has 0 saturated heterocycles. The van der Waals surface area contributed by atoms with Crippen LogP contribution in [0.25, 0.3) is 0 Å². The maximum absolute atomic E-state index is 4.98. The van der Waals surface area contributed by atoms with Crippen molar-refractivity contribution in [3.05, 3.63) is 292 Å². The minimum absolute atomic E-state index is 0.407. The van der Waals surface area contributed by atoms with Crippen molar-refractivity contribution in [3.63, 3.8) is 0 Å². The van der Waals surface area contributed by atoms with Crippen LogP contribution >= 0.6 is 11.3 Å². The smallest absolute Gasteiger partial charge is 0.196 e. The van der Waals surface area contributed by atoms with Crippen LogP contribution in [0.1, 0.15) is 331 Å². The molecule has 0 bridgehead atoms. The second-order valence-corrected chi connectivity index (χ2v) is 36.3. The largest absolute Gasteiger partial charge is 0.449 e. The van der Waals surface area contributed by atoms with Crippen LogP contribution < -0.4 is 0 Å². The quantitative estimate of drug-likeness (QED) is 0.108. The Kier molecular flexibility index (Phi) is 51.0. The second-order valence-electron chi connectivity index (χ2n) is 35.4. The number of aromatic nitrogens is 13. The van der Waals surface area contributed by atoms with Crippen LogP contribution in [-0.2, 0) is 39.8 Å². The van der Waals surface area contributed by atoms with Crippen LogP contribution in [0.15, 0.2) is 227 Å². The lowest BCUT2D eigenvalue weighted by Crippen LogP contribution is -2.18. The SMILES string of the molecule is CC(C)C1=CN=CC1.CC(C)C1=NC=CC1.CC(C)C1CCc2ccccc2C1.CC(C)C1Cc2cccnc2C1.CC(C)c1ccccc1.CC(C)c1ccccn1.CC(C)c1cccnc1.CC(C)c1cnn(C)c1.CC(C)c1ncco1.CC(C)c1nccs1.CC(C)n1cccn1.Cc1cc(C)n(C(C)C)n1.Cc1nc(C(C)C)cn1C. The van der Waals surface area contributed by atoms with Crippen LogP contribution in [0, 0.1) is 56.3 Å². The van der Waals surface area contributed by atoms with E-state index in [1.54, 1.807) is 47.3 Å². The molecule has 0 amide bonds. The Morgan fingerprint density at radius 1 is 0.479 bits per heavy atom. The first-order valence-electron chi connectivity index (χ1n) is 44.5. The normalized spacial score (nSPS) is 13.7. The van der Waals surface area contributed by atoms with Crippen LogP contribution in [0.3, 0.4) is 0 Å². The fourth-order valence-electron chi connectivity index (χ4n) is 12.4. The van der Waals surface area contributed by atoms with Gasteiger partial charge in [0.1, 0.15) is 12.1 Å². The van der Waals surface area contributed by atoms with Crippen LogP contribution in [0.4, 0.5) is 0 Å². The van der Waals surface area contributed by atoms with Gasteiger partial charge in [0.25, 0.3) is 0 Å². The molecule has 2 unspecified atom stereocenters. The van der Waals surface area contributed by atoms with Crippen LogP contribution in [-0.4, -0.2) is 75.7 Å². The molecular formula is C104H157N15OS. The summed E-state index contributed by atoms with van der Waals surface area (Å²) in [5.41, 5.74) is 17.4. The van der Waals surface area contributed by atoms with Gasteiger partial charge in [-0.1, -0.05) is 231 Å². The van der Waals surface area contributed by atoms with Gasteiger partial charge in [-0.2, -0.15) is 15.3 Å². The summed E-state index contributed by atoms with van der Waals surface area (Å²) in [6.45, 7) is 62.7. The number of hydrogen-bond acceptors (Lipinski definition) is 13. The number of pyridine rings is 3. The first-order chi connectivity index (χ1) is 57.4. The number of thiazole rings is 1. The number of nitrogens with zero attached hydrogens (tertiary/aromatic N) is 15. The highest BCUT2D eigenvalue weighted by Gasteiger charge is 2.24. The maximum atomic E-state index is 4.98. The van der Waals surface area contributed by atoms with E-state index >= 15 is 0 Å². The maximum Gasteiger partial charge on any atom is 0.196 e. The van der Waals surface area contributed by atoms with Gasteiger partial charge in [-0.05, 0) is 221 Å². The van der Waals surface area contributed by atoms with E-state index in [2.05, 4.69) is 312 Å². The molecule has 17 heteroatoms. The summed E-state index contributed by atoms with van der Waals surface area (Å²) in [6.07, 6.45) is 38.8. The minimum Gasteiger partial charge on any atom is -0.449 e. The fourth-order valence-corrected chi connectivity index (χ4v) is 13.0. The van der Waals surface area contributed by atoms with Gasteiger partial charge in [-0.15, -0.1) is 11.3 Å². The van der Waals surface area contributed by atoms with Crippen molar-refractivity contribution < 1.29 is 4.42 Å². The molecule has 9 aromatic heterocycles. The summed E-state index contributed by atoms with van der Waals surface area (Å²) >= 11 is 1.72. The van der Waals surface area contributed by atoms with E-state index in [4.69, 9.17) is 4.42 Å². The van der Waals surface area contributed by atoms with Crippen molar-refractivity contribution in [1.82, 2.24) is 63.8 Å². The van der Waals surface area contributed by atoms with E-state index in [0.29, 0.717) is 65.3 Å². The molecule has 2 atom stereocenters. The van der Waals surface area contributed by atoms with E-state index in [-0.39, 0.29) is 0 Å². The summed E-state index contributed by atoms with van der Waals surface area (Å²) in [7, 11) is 3.96. The molecule has 0 fully saturated rings. The van der Waals surface area contributed by atoms with Gasteiger partial charge < -0.3 is 8.98 Å². The summed E-state index contributed by atoms with van der Waals surface area (Å²) in [6, 6.07) is 38.7. The zero-order valence-corrected chi connectivity index (χ0v) is 81.2. The molecule has 11 heterocycles. The number of rotatable bonds is 13. The number of aryl methyl sites for hydroxylation is 6. The van der Waals surface area contributed by atoms with E-state index in [0.717, 1.165) is 59.6 Å². The van der Waals surface area contributed by atoms with Gasteiger partial charge in [0.05, 0.1) is 28.8 Å². The third-order valence-corrected chi connectivity index (χ3v) is 21.7. The van der Waals surface area contributed by atoms with E-state index in [1.807, 2.05) is 166 Å². The lowest BCUT2D eigenvalue weighted by molar-refractivity contribution is 0.343. The third kappa shape index (κ3) is 43.1. The topological polar surface area (TPSA) is 174 Å². The minimum atomic E-state index is 0.407. The van der Waals surface area contributed by atoms with Crippen molar-refractivity contribution >= 4 is 23.3 Å². The van der Waals surface area contributed by atoms with Gasteiger partial charge in [0.2, 0.25) is 0 Å². The second kappa shape index (κ2) is 58.4. The Bertz CT molecular complexity index is 4260. The lowest BCUT2D eigenvalue weighted by atomic mass is 9.78. The van der Waals surface area contributed by atoms with Gasteiger partial charge in [-0.25, -0.2) is 15.0 Å². The summed E-state index contributed by atoms with van der Waals surface area (Å²) in [5.74, 6) is 10.5. The van der Waals surface area contributed by atoms with Gasteiger partial charge >= 0.3 is 0 Å². The zero-order valence-electron chi connectivity index (χ0n) is 80.3. The lowest BCUT2D eigenvalue weighted by Gasteiger charge is -2.27. The Hall–Kier alpha value is -9.61. The molecule has 2 aliphatic heterocycles. The number of fused-ring (bicyclic) bond motifs is 2. The molecule has 15 rings (SSSR count). The zero-order chi connectivity index (χ0) is 90.1. The molecule has 0 saturated carbocycles. The average Bonchev–Trinajstić information content (AvgIpc) is 1.27. The molecule has 0 N–H and O–H groups in total. The molecule has 11 aromatic rings. The number of aliphatic imine (C=N–C) groups is 2. The predicted molar refractivity (Wildman–Crippen MR) is 517 cm³/mol. The van der Waals surface area contributed by atoms with E-state index in [1.165, 1.54) is 87.7 Å². The standard InChI is InChI=1S/C13H18.C11H15N.C9H12.2C8H14N2.2C8H11N.C7H12N2.2C7H11N.C6H10N2.C6H9NO.C6H9NS/c1-10(2)12-8-7-11-5-3-4-6-13(11)9-12;1-8(2)10-6-9-4-3-5-12-11(9)7-10;1-8(2)9-6-4-3-5-7-9;1-6(2)8-5-10(4)7(3)9-8;1-6(2)10-8(4)5-7(3)9-10;1-7(2)8-4-3-5-9-6-8;1-7(2)8-5-3-4-6-9-8;1-6(2)7-4-8-9(3)5-7;1-6(2)7-3-4-8-5-7;1-6(2)7-4-3-5-8-7;1-6(2)8-5-3-4-7-8;2*1-5(2)6-7-3-4-8-6/h3-6,10,12H,7-9H2,1-2H3;3-5,8,10H,6-7H2,1-2H3;3-8H,1-2H3;2*5-6H,1-4H3;2*3-7H,1-2H3;4-6H,1-3H3;4-6H,3H2,1-2H3;3,5-6H,4H2,1-2H3;3-6H,1-2H3;2*3-5H,1-2H3. The van der Waals surface area contributed by atoms with Crippen molar-refractivity contribution in [2.45, 2.75) is 299 Å². The Balaban J connectivity index is 0.000000340. The summed E-state index contributed by atoms with van der Waals surface area (Å²) in [4.78, 5) is 33.2. The first kappa shape index (κ1) is 106. The van der Waals surface area contributed by atoms with Crippen molar-refractivity contribution in [2.24, 2.45) is 59.6 Å². The highest BCUT2D eigenvalue weighted by Crippen LogP contribution is 2.31. The molecule has 0 spiro atoms. The van der Waals surface area contributed by atoms with E-state index in [9.17, 15) is 0 Å². The van der Waals surface area contributed by atoms with Crippen LogP contribution in [0.2, 0.25) is 0 Å². The third-order valence-electron chi connectivity index (χ3n) is 20.6. The monoisotopic (exact) mass is 1660 g/mol. The summed E-state index contributed by atoms with van der Waals surface area (Å²) < 4.78 is 12.8. The molecular weight excluding hydrogens is 1510 g/mol. The molecule has 121 heavy (non-hydrogen) atoms. The Labute approximate surface area is 737 Å². The fraction of sp³-hybridized carbons (Fsp3) is 0.510. The van der Waals surface area contributed by atoms with Gasteiger partial charge in [0.15, 0.2) is 5.89 Å². The molecule has 2 aromatic carbocycles. The first-order valence-corrected chi connectivity index (χ1v) is 45.3. The number of oxazole rings is 1. The number of benzene rings is 2. The molecule has 660 valence electrons. The van der Waals surface area contributed by atoms with E-state index < -0.39 is 0 Å². The van der Waals surface area contributed by atoms with Gasteiger partial charge in [-0.3, -0.25) is 39.0 Å². The van der Waals surface area contributed by atoms with Crippen molar-refractivity contribution in [3.8, 4) is 0 Å².